The molecule has 0 aliphatic rings. The number of ketones is 1. The van der Waals surface area contributed by atoms with Crippen LogP contribution in [0.3, 0.4) is 0 Å². The normalized spacial score (nSPS) is 12.8. The second-order valence-electron chi connectivity index (χ2n) is 7.85. The number of nitrogens with zero attached hydrogens (tertiary/aromatic N) is 1. The molecule has 0 spiro atoms. The van der Waals surface area contributed by atoms with E-state index >= 15 is 0 Å². The van der Waals surface area contributed by atoms with Crippen LogP contribution in [0.25, 0.3) is 16.6 Å². The number of carboxylic acids is 1. The Balaban J connectivity index is 1.71. The standard InChI is InChI=1S/C26H22N2O4/c1-26(25(31)32,17-18-10-4-2-5-11-18)27-24(30)23(29)22-21(19-12-6-3-7-13-19)16-20-14-8-9-15-28(20)22/h2-16H,17H2,1H3,(H,27,30)(H,31,32). The Hall–Kier alpha value is -4.19. The van der Waals surface area contributed by atoms with Crippen molar-refractivity contribution in [3.05, 3.63) is 102 Å². The van der Waals surface area contributed by atoms with E-state index in [0.717, 1.165) is 16.6 Å². The predicted octanol–water partition coefficient (Wildman–Crippen LogP) is 3.99. The van der Waals surface area contributed by atoms with E-state index in [-0.39, 0.29) is 12.1 Å². The number of carboxylic acid groups (broad SMARTS) is 1. The van der Waals surface area contributed by atoms with Gasteiger partial charge in [0.05, 0.1) is 0 Å². The Morgan fingerprint density at radius 3 is 2.19 bits per heavy atom. The molecule has 0 bridgehead atoms. The quantitative estimate of drug-likeness (QED) is 0.346. The molecule has 0 fully saturated rings. The number of nitrogens with one attached hydrogen (secondary N) is 1. The monoisotopic (exact) mass is 426 g/mol. The van der Waals surface area contributed by atoms with Gasteiger partial charge in [0.1, 0.15) is 11.2 Å². The van der Waals surface area contributed by atoms with Crippen LogP contribution in [0.2, 0.25) is 0 Å². The van der Waals surface area contributed by atoms with E-state index in [1.807, 2.05) is 54.6 Å². The lowest BCUT2D eigenvalue weighted by Gasteiger charge is -2.26. The number of carbonyl (C=O) groups is 3. The highest BCUT2D eigenvalue weighted by Gasteiger charge is 2.38. The van der Waals surface area contributed by atoms with E-state index in [1.165, 1.54) is 6.92 Å². The molecule has 0 saturated carbocycles. The van der Waals surface area contributed by atoms with Crippen LogP contribution in [0.5, 0.6) is 0 Å². The molecule has 4 rings (SSSR count). The molecule has 32 heavy (non-hydrogen) atoms. The fourth-order valence-electron chi connectivity index (χ4n) is 3.79. The third kappa shape index (κ3) is 4.03. The fourth-order valence-corrected chi connectivity index (χ4v) is 3.79. The molecule has 6 nitrogen and oxygen atoms in total. The van der Waals surface area contributed by atoms with Crippen molar-refractivity contribution < 1.29 is 19.5 Å². The van der Waals surface area contributed by atoms with E-state index in [2.05, 4.69) is 5.32 Å². The number of amides is 1. The Morgan fingerprint density at radius 2 is 1.53 bits per heavy atom. The second-order valence-corrected chi connectivity index (χ2v) is 7.85. The molecular formula is C26H22N2O4. The molecule has 4 aromatic rings. The van der Waals surface area contributed by atoms with Gasteiger partial charge in [-0.2, -0.15) is 0 Å². The van der Waals surface area contributed by atoms with Gasteiger partial charge in [-0.1, -0.05) is 66.7 Å². The molecule has 2 aromatic carbocycles. The topological polar surface area (TPSA) is 87.9 Å². The van der Waals surface area contributed by atoms with Crippen molar-refractivity contribution >= 4 is 23.2 Å². The molecule has 2 heterocycles. The fraction of sp³-hybridized carbons (Fsp3) is 0.115. The van der Waals surface area contributed by atoms with Crippen LogP contribution in [-0.4, -0.2) is 32.7 Å². The number of hydrogen-bond donors (Lipinski definition) is 2. The SMILES string of the molecule is CC(Cc1ccccc1)(NC(=O)C(=O)c1c(-c2ccccc2)cc2ccccn12)C(=O)O. The summed E-state index contributed by atoms with van der Waals surface area (Å²) in [6.45, 7) is 1.40. The Morgan fingerprint density at radius 1 is 0.906 bits per heavy atom. The molecule has 0 radical (unpaired) electrons. The van der Waals surface area contributed by atoms with Crippen molar-refractivity contribution in [3.63, 3.8) is 0 Å². The van der Waals surface area contributed by atoms with Crippen LogP contribution in [-0.2, 0) is 16.0 Å². The summed E-state index contributed by atoms with van der Waals surface area (Å²) in [5.41, 5.74) is 1.44. The van der Waals surface area contributed by atoms with Crippen molar-refractivity contribution in [1.29, 1.82) is 0 Å². The Labute approximate surface area is 185 Å². The number of hydrogen-bond acceptors (Lipinski definition) is 3. The summed E-state index contributed by atoms with van der Waals surface area (Å²) >= 11 is 0. The molecule has 1 unspecified atom stereocenters. The lowest BCUT2D eigenvalue weighted by atomic mass is 9.92. The van der Waals surface area contributed by atoms with Crippen LogP contribution in [0.1, 0.15) is 23.0 Å². The number of Topliss-reactive ketones (excluding diaryl/α,β-unsaturated/α-hetero) is 1. The summed E-state index contributed by atoms with van der Waals surface area (Å²) in [7, 11) is 0. The van der Waals surface area contributed by atoms with Crippen LogP contribution < -0.4 is 5.32 Å². The molecule has 0 saturated heterocycles. The van der Waals surface area contributed by atoms with Gasteiger partial charge < -0.3 is 14.8 Å². The zero-order valence-electron chi connectivity index (χ0n) is 17.5. The van der Waals surface area contributed by atoms with E-state index in [9.17, 15) is 19.5 Å². The first-order chi connectivity index (χ1) is 15.4. The molecule has 0 aliphatic heterocycles. The van der Waals surface area contributed by atoms with Crippen LogP contribution in [0.4, 0.5) is 0 Å². The zero-order chi connectivity index (χ0) is 22.7. The van der Waals surface area contributed by atoms with Crippen molar-refractivity contribution in [2.75, 3.05) is 0 Å². The number of aromatic nitrogens is 1. The smallest absolute Gasteiger partial charge is 0.329 e. The second kappa shape index (κ2) is 8.51. The largest absolute Gasteiger partial charge is 0.480 e. The van der Waals surface area contributed by atoms with Crippen molar-refractivity contribution in [2.45, 2.75) is 18.9 Å². The average molecular weight is 426 g/mol. The maximum Gasteiger partial charge on any atom is 0.329 e. The van der Waals surface area contributed by atoms with Gasteiger partial charge in [-0.15, -0.1) is 0 Å². The summed E-state index contributed by atoms with van der Waals surface area (Å²) in [4.78, 5) is 38.4. The van der Waals surface area contributed by atoms with Crippen molar-refractivity contribution in [1.82, 2.24) is 9.72 Å². The van der Waals surface area contributed by atoms with Gasteiger partial charge in [0.25, 0.3) is 11.7 Å². The van der Waals surface area contributed by atoms with Gasteiger partial charge in [0.2, 0.25) is 0 Å². The highest BCUT2D eigenvalue weighted by molar-refractivity contribution is 6.44. The zero-order valence-corrected chi connectivity index (χ0v) is 17.5. The molecule has 6 heteroatoms. The summed E-state index contributed by atoms with van der Waals surface area (Å²) in [6.07, 6.45) is 1.76. The Bertz CT molecular complexity index is 1300. The van der Waals surface area contributed by atoms with Gasteiger partial charge in [-0.3, -0.25) is 9.59 Å². The van der Waals surface area contributed by atoms with E-state index < -0.39 is 23.2 Å². The molecule has 1 atom stereocenters. The molecule has 2 N–H and O–H groups in total. The maximum atomic E-state index is 13.3. The van der Waals surface area contributed by atoms with Crippen LogP contribution in [0, 0.1) is 0 Å². The van der Waals surface area contributed by atoms with Gasteiger partial charge >= 0.3 is 5.97 Å². The minimum Gasteiger partial charge on any atom is -0.480 e. The van der Waals surface area contributed by atoms with Gasteiger partial charge in [-0.05, 0) is 36.2 Å². The third-order valence-corrected chi connectivity index (χ3v) is 5.45. The third-order valence-electron chi connectivity index (χ3n) is 5.45. The van der Waals surface area contributed by atoms with E-state index in [4.69, 9.17) is 0 Å². The lowest BCUT2D eigenvalue weighted by Crippen LogP contribution is -2.55. The highest BCUT2D eigenvalue weighted by Crippen LogP contribution is 2.28. The minimum absolute atomic E-state index is 0.0443. The van der Waals surface area contributed by atoms with Crippen molar-refractivity contribution in [3.8, 4) is 11.1 Å². The summed E-state index contributed by atoms with van der Waals surface area (Å²) < 4.78 is 1.65. The number of fused-ring (bicyclic) bond motifs is 1. The summed E-state index contributed by atoms with van der Waals surface area (Å²) in [5.74, 6) is -2.98. The van der Waals surface area contributed by atoms with Crippen LogP contribution in [0.15, 0.2) is 91.1 Å². The first-order valence-electron chi connectivity index (χ1n) is 10.2. The van der Waals surface area contributed by atoms with Gasteiger partial charge in [-0.25, -0.2) is 4.79 Å². The minimum atomic E-state index is -1.64. The lowest BCUT2D eigenvalue weighted by molar-refractivity contribution is -0.146. The van der Waals surface area contributed by atoms with Gasteiger partial charge in [0.15, 0.2) is 0 Å². The molecule has 2 aromatic heterocycles. The van der Waals surface area contributed by atoms with E-state index in [1.54, 1.807) is 40.9 Å². The maximum absolute atomic E-state index is 13.3. The average Bonchev–Trinajstić information content (AvgIpc) is 3.19. The van der Waals surface area contributed by atoms with Crippen LogP contribution >= 0.6 is 0 Å². The number of pyridine rings is 1. The van der Waals surface area contributed by atoms with Gasteiger partial charge in [0, 0.05) is 23.7 Å². The molecule has 160 valence electrons. The first-order valence-corrected chi connectivity index (χ1v) is 10.2. The van der Waals surface area contributed by atoms with E-state index in [0.29, 0.717) is 5.56 Å². The highest BCUT2D eigenvalue weighted by atomic mass is 16.4. The number of benzene rings is 2. The first kappa shape index (κ1) is 21.1. The summed E-state index contributed by atoms with van der Waals surface area (Å²) in [6, 6.07) is 25.6. The van der Waals surface area contributed by atoms with Crippen molar-refractivity contribution in [2.24, 2.45) is 0 Å². The number of aliphatic carboxylic acids is 1. The molecule has 0 aliphatic carbocycles. The number of rotatable bonds is 7. The predicted molar refractivity (Wildman–Crippen MR) is 121 cm³/mol. The number of carbonyl (C=O) groups excluding carboxylic acids is 2. The Kier molecular flexibility index (Phi) is 5.60. The molecule has 1 amide bonds. The molecular weight excluding hydrogens is 404 g/mol. The summed E-state index contributed by atoms with van der Waals surface area (Å²) in [5, 5.41) is 12.3.